The molecule has 10 heteroatoms. The Hall–Kier alpha value is -1.91. The zero-order valence-electron chi connectivity index (χ0n) is 16.3. The van der Waals surface area contributed by atoms with E-state index >= 15 is 0 Å². The fraction of sp³-hybridized carbons (Fsp3) is 0.526. The maximum absolute atomic E-state index is 13.0. The monoisotopic (exact) mass is 435 g/mol. The lowest BCUT2D eigenvalue weighted by Crippen LogP contribution is -2.39. The number of aromatic nitrogens is 3. The Morgan fingerprint density at radius 3 is 2.69 bits per heavy atom. The minimum atomic E-state index is -3.52. The summed E-state index contributed by atoms with van der Waals surface area (Å²) in [5.74, 6) is 1.07. The average molecular weight is 436 g/mol. The van der Waals surface area contributed by atoms with Crippen LogP contribution in [0, 0.1) is 0 Å². The molecule has 1 saturated heterocycles. The molecule has 8 nitrogen and oxygen atoms in total. The van der Waals surface area contributed by atoms with Gasteiger partial charge in [0.15, 0.2) is 5.16 Å². The van der Waals surface area contributed by atoms with Crippen LogP contribution in [0.2, 0.25) is 0 Å². The summed E-state index contributed by atoms with van der Waals surface area (Å²) in [6, 6.07) is 8.88. The van der Waals surface area contributed by atoms with Crippen LogP contribution in [0.1, 0.15) is 37.4 Å². The highest BCUT2D eigenvalue weighted by atomic mass is 32.2. The van der Waals surface area contributed by atoms with Gasteiger partial charge in [0.2, 0.25) is 15.9 Å². The zero-order valence-corrected chi connectivity index (χ0v) is 18.0. The molecule has 1 saturated carbocycles. The molecule has 29 heavy (non-hydrogen) atoms. The Morgan fingerprint density at radius 2 is 1.97 bits per heavy atom. The lowest BCUT2D eigenvalue weighted by molar-refractivity contribution is -0.118. The van der Waals surface area contributed by atoms with E-state index in [-0.39, 0.29) is 11.8 Å². The smallest absolute Gasteiger partial charge is 0.243 e. The summed E-state index contributed by atoms with van der Waals surface area (Å²) in [6.45, 7) is 0.893. The third-order valence-corrected chi connectivity index (χ3v) is 8.17. The molecule has 2 aliphatic rings. The predicted molar refractivity (Wildman–Crippen MR) is 110 cm³/mol. The second-order valence-electron chi connectivity index (χ2n) is 7.55. The lowest BCUT2D eigenvalue weighted by atomic mass is 9.99. The molecule has 1 atom stereocenters. The van der Waals surface area contributed by atoms with Gasteiger partial charge in [-0.2, -0.15) is 4.31 Å². The van der Waals surface area contributed by atoms with Crippen molar-refractivity contribution in [1.82, 2.24) is 24.4 Å². The van der Waals surface area contributed by atoms with E-state index in [9.17, 15) is 13.2 Å². The molecule has 4 rings (SSSR count). The molecule has 1 amide bonds. The van der Waals surface area contributed by atoms with Gasteiger partial charge in [0.1, 0.15) is 5.82 Å². The van der Waals surface area contributed by atoms with Crippen LogP contribution >= 0.6 is 11.8 Å². The van der Waals surface area contributed by atoms with Crippen molar-refractivity contribution in [2.45, 2.75) is 47.7 Å². The summed E-state index contributed by atoms with van der Waals surface area (Å²) in [4.78, 5) is 12.2. The number of piperidine rings is 1. The number of carbonyl (C=O) groups excluding carboxylic acids is 1. The molecule has 0 bridgehead atoms. The van der Waals surface area contributed by atoms with Crippen LogP contribution in [0.5, 0.6) is 0 Å². The highest BCUT2D eigenvalue weighted by Gasteiger charge is 2.33. The van der Waals surface area contributed by atoms with Gasteiger partial charge in [-0.15, -0.1) is 10.2 Å². The average Bonchev–Trinajstić information content (AvgIpc) is 3.47. The van der Waals surface area contributed by atoms with Crippen LogP contribution in [0.15, 0.2) is 40.4 Å². The number of benzene rings is 1. The first-order valence-electron chi connectivity index (χ1n) is 9.82. The SMILES string of the molecule is Cn1c(SCC(=O)NC2CC2)nnc1[C@@H]1CCCN(S(=O)(=O)c2ccccc2)C1. The van der Waals surface area contributed by atoms with E-state index < -0.39 is 10.0 Å². The molecular formula is C19H25N5O3S2. The molecule has 1 aromatic heterocycles. The molecule has 1 aliphatic heterocycles. The van der Waals surface area contributed by atoms with Gasteiger partial charge in [0, 0.05) is 32.1 Å². The van der Waals surface area contributed by atoms with Crippen LogP contribution in [0.4, 0.5) is 0 Å². The van der Waals surface area contributed by atoms with E-state index in [1.54, 1.807) is 28.6 Å². The van der Waals surface area contributed by atoms with E-state index in [2.05, 4.69) is 15.5 Å². The van der Waals surface area contributed by atoms with Gasteiger partial charge in [-0.05, 0) is 37.8 Å². The van der Waals surface area contributed by atoms with Crippen molar-refractivity contribution in [2.24, 2.45) is 7.05 Å². The summed E-state index contributed by atoms with van der Waals surface area (Å²) in [5, 5.41) is 12.2. The first kappa shape index (κ1) is 20.4. The van der Waals surface area contributed by atoms with Crippen molar-refractivity contribution in [2.75, 3.05) is 18.8 Å². The van der Waals surface area contributed by atoms with Crippen LogP contribution in [0.3, 0.4) is 0 Å². The largest absolute Gasteiger partial charge is 0.353 e. The maximum Gasteiger partial charge on any atom is 0.243 e. The van der Waals surface area contributed by atoms with Crippen molar-refractivity contribution in [1.29, 1.82) is 0 Å². The fourth-order valence-corrected chi connectivity index (χ4v) is 5.82. The van der Waals surface area contributed by atoms with Gasteiger partial charge in [0.25, 0.3) is 0 Å². The standard InChI is InChI=1S/C19H25N5O3S2/c1-23-18(21-22-19(23)28-13-17(25)20-15-9-10-15)14-6-5-11-24(12-14)29(26,27)16-7-3-2-4-8-16/h2-4,7-8,14-15H,5-6,9-13H2,1H3,(H,20,25)/t14-/m1/s1. The number of carbonyl (C=O) groups is 1. The Balaban J connectivity index is 1.43. The van der Waals surface area contributed by atoms with E-state index in [1.807, 2.05) is 17.7 Å². The number of nitrogens with one attached hydrogen (secondary N) is 1. The first-order valence-corrected chi connectivity index (χ1v) is 12.2. The van der Waals surface area contributed by atoms with Crippen molar-refractivity contribution < 1.29 is 13.2 Å². The van der Waals surface area contributed by atoms with Gasteiger partial charge >= 0.3 is 0 Å². The van der Waals surface area contributed by atoms with Crippen LogP contribution in [0.25, 0.3) is 0 Å². The number of hydrogen-bond donors (Lipinski definition) is 1. The molecule has 156 valence electrons. The van der Waals surface area contributed by atoms with Gasteiger partial charge in [-0.1, -0.05) is 30.0 Å². The number of thioether (sulfide) groups is 1. The van der Waals surface area contributed by atoms with Crippen molar-refractivity contribution in [3.8, 4) is 0 Å². The Bertz CT molecular complexity index is 973. The van der Waals surface area contributed by atoms with Gasteiger partial charge in [-0.25, -0.2) is 8.42 Å². The lowest BCUT2D eigenvalue weighted by Gasteiger charge is -2.31. The number of nitrogens with zero attached hydrogens (tertiary/aromatic N) is 4. The third-order valence-electron chi connectivity index (χ3n) is 5.27. The number of amides is 1. The van der Waals surface area contributed by atoms with E-state index in [0.717, 1.165) is 31.5 Å². The summed E-state index contributed by atoms with van der Waals surface area (Å²) < 4.78 is 29.3. The molecule has 2 aromatic rings. The third kappa shape index (κ3) is 4.65. The second kappa shape index (κ2) is 8.45. The second-order valence-corrected chi connectivity index (χ2v) is 10.4. The Kier molecular flexibility index (Phi) is 5.93. The van der Waals surface area contributed by atoms with Gasteiger partial charge < -0.3 is 9.88 Å². The molecule has 1 aromatic carbocycles. The van der Waals surface area contributed by atoms with Gasteiger partial charge in [0.05, 0.1) is 10.6 Å². The number of sulfonamides is 1. The van der Waals surface area contributed by atoms with E-state index in [0.29, 0.717) is 34.9 Å². The Labute approximate surface area is 175 Å². The summed E-state index contributed by atoms with van der Waals surface area (Å²) in [7, 11) is -1.64. The first-order chi connectivity index (χ1) is 13.9. The molecular weight excluding hydrogens is 410 g/mol. The number of hydrogen-bond acceptors (Lipinski definition) is 6. The molecule has 1 aliphatic carbocycles. The maximum atomic E-state index is 13.0. The van der Waals surface area contributed by atoms with Crippen molar-refractivity contribution in [3.63, 3.8) is 0 Å². The summed E-state index contributed by atoms with van der Waals surface area (Å²) in [5.41, 5.74) is 0. The molecule has 0 unspecified atom stereocenters. The van der Waals surface area contributed by atoms with Crippen molar-refractivity contribution >= 4 is 27.7 Å². The summed E-state index contributed by atoms with van der Waals surface area (Å²) in [6.07, 6.45) is 3.76. The van der Waals surface area contributed by atoms with Crippen LogP contribution in [-0.4, -0.2) is 58.3 Å². The normalized spacial score (nSPS) is 20.5. The molecule has 0 radical (unpaired) electrons. The topological polar surface area (TPSA) is 97.2 Å². The predicted octanol–water partition coefficient (Wildman–Crippen LogP) is 1.75. The van der Waals surface area contributed by atoms with Crippen molar-refractivity contribution in [3.05, 3.63) is 36.2 Å². The number of rotatable bonds is 7. The fourth-order valence-electron chi connectivity index (χ4n) is 3.55. The highest BCUT2D eigenvalue weighted by Crippen LogP contribution is 2.30. The van der Waals surface area contributed by atoms with Gasteiger partial charge in [-0.3, -0.25) is 4.79 Å². The van der Waals surface area contributed by atoms with Crippen LogP contribution in [-0.2, 0) is 21.9 Å². The van der Waals surface area contributed by atoms with Crippen LogP contribution < -0.4 is 5.32 Å². The minimum absolute atomic E-state index is 0.0137. The molecule has 1 N–H and O–H groups in total. The zero-order chi connectivity index (χ0) is 20.4. The minimum Gasteiger partial charge on any atom is -0.353 e. The highest BCUT2D eigenvalue weighted by molar-refractivity contribution is 7.99. The van der Waals surface area contributed by atoms with E-state index in [4.69, 9.17) is 0 Å². The quantitative estimate of drug-likeness (QED) is 0.666. The molecule has 2 heterocycles. The molecule has 2 fully saturated rings. The molecule has 0 spiro atoms. The summed E-state index contributed by atoms with van der Waals surface area (Å²) >= 11 is 1.36. The Morgan fingerprint density at radius 1 is 1.21 bits per heavy atom. The van der Waals surface area contributed by atoms with E-state index in [1.165, 1.54) is 11.8 Å².